The molecular formula is C18H14NO4S2-. The summed E-state index contributed by atoms with van der Waals surface area (Å²) in [6.45, 7) is 1.85. The molecule has 2 aromatic carbocycles. The van der Waals surface area contributed by atoms with Gasteiger partial charge in [0.15, 0.2) is 0 Å². The van der Waals surface area contributed by atoms with Crippen LogP contribution in [-0.2, 0) is 11.3 Å². The number of nitrogens with zero attached hydrogens (tertiary/aromatic N) is 1. The molecule has 1 atom stereocenters. The van der Waals surface area contributed by atoms with E-state index in [9.17, 15) is 13.6 Å². The van der Waals surface area contributed by atoms with Gasteiger partial charge in [0.1, 0.15) is 0 Å². The zero-order chi connectivity index (χ0) is 18.0. The zero-order valence-corrected chi connectivity index (χ0v) is 14.8. The van der Waals surface area contributed by atoms with Crippen LogP contribution < -0.4 is 4.31 Å². The second-order valence-corrected chi connectivity index (χ2v) is 7.06. The lowest BCUT2D eigenvalue weighted by Crippen LogP contribution is -2.19. The van der Waals surface area contributed by atoms with Crippen molar-refractivity contribution in [3.05, 3.63) is 71.1 Å². The van der Waals surface area contributed by atoms with E-state index in [1.165, 1.54) is 27.8 Å². The summed E-state index contributed by atoms with van der Waals surface area (Å²) in [6.07, 6.45) is 0. The molecule has 0 aliphatic rings. The number of carboxylic acid groups (broad SMARTS) is 1. The van der Waals surface area contributed by atoms with Gasteiger partial charge >= 0.3 is 5.97 Å². The average Bonchev–Trinajstić information content (AvgIpc) is 3.06. The Morgan fingerprint density at radius 1 is 1.16 bits per heavy atom. The lowest BCUT2D eigenvalue weighted by Gasteiger charge is -2.26. The van der Waals surface area contributed by atoms with Crippen LogP contribution >= 0.6 is 11.3 Å². The van der Waals surface area contributed by atoms with Gasteiger partial charge in [-0.3, -0.25) is 8.51 Å². The molecule has 1 aromatic heterocycles. The number of carbonyl (C=O) groups is 1. The number of aryl methyl sites for hydroxylation is 1. The molecule has 0 amide bonds. The van der Waals surface area contributed by atoms with Gasteiger partial charge in [0, 0.05) is 10.3 Å². The fourth-order valence-corrected chi connectivity index (χ4v) is 4.05. The molecule has 1 unspecified atom stereocenters. The molecule has 0 saturated carbocycles. The van der Waals surface area contributed by atoms with E-state index >= 15 is 0 Å². The highest BCUT2D eigenvalue weighted by molar-refractivity contribution is 7.81. The maximum atomic E-state index is 11.8. The highest BCUT2D eigenvalue weighted by atomic mass is 32.2. The predicted octanol–water partition coefficient (Wildman–Crippen LogP) is 4.35. The minimum Gasteiger partial charge on any atom is -0.755 e. The van der Waals surface area contributed by atoms with E-state index in [-0.39, 0.29) is 5.56 Å². The summed E-state index contributed by atoms with van der Waals surface area (Å²) in [4.78, 5) is 11.8. The SMILES string of the molecule is Cc1ccccc1N(c1csc(-c2ccc(C(=O)O)cc2)c1)S(=O)[O-]. The van der Waals surface area contributed by atoms with Crippen LogP contribution in [0.25, 0.3) is 10.4 Å². The van der Waals surface area contributed by atoms with Crippen molar-refractivity contribution in [1.82, 2.24) is 0 Å². The lowest BCUT2D eigenvalue weighted by atomic mass is 10.1. The first-order chi connectivity index (χ1) is 12.0. The molecule has 0 fully saturated rings. The van der Waals surface area contributed by atoms with Crippen molar-refractivity contribution in [2.75, 3.05) is 4.31 Å². The van der Waals surface area contributed by atoms with Gasteiger partial charge in [0.2, 0.25) is 0 Å². The van der Waals surface area contributed by atoms with Crippen molar-refractivity contribution in [1.29, 1.82) is 0 Å². The van der Waals surface area contributed by atoms with Crippen LogP contribution in [0.15, 0.2) is 60.0 Å². The van der Waals surface area contributed by atoms with Crippen LogP contribution in [0.4, 0.5) is 11.4 Å². The van der Waals surface area contributed by atoms with E-state index < -0.39 is 17.2 Å². The summed E-state index contributed by atoms with van der Waals surface area (Å²) in [6, 6.07) is 15.5. The second kappa shape index (κ2) is 7.18. The topological polar surface area (TPSA) is 80.7 Å². The summed E-state index contributed by atoms with van der Waals surface area (Å²) in [5.74, 6) is -0.981. The van der Waals surface area contributed by atoms with Crippen LogP contribution in [0.1, 0.15) is 15.9 Å². The van der Waals surface area contributed by atoms with E-state index in [4.69, 9.17) is 5.11 Å². The minimum absolute atomic E-state index is 0.211. The Bertz CT molecular complexity index is 934. The quantitative estimate of drug-likeness (QED) is 0.675. The Hall–Kier alpha value is -2.48. The number of carboxylic acids is 1. The maximum absolute atomic E-state index is 11.8. The van der Waals surface area contributed by atoms with E-state index in [0.717, 1.165) is 16.0 Å². The molecule has 128 valence electrons. The predicted molar refractivity (Wildman–Crippen MR) is 99.0 cm³/mol. The molecule has 0 aliphatic carbocycles. The van der Waals surface area contributed by atoms with Crippen molar-refractivity contribution in [2.45, 2.75) is 6.92 Å². The molecule has 0 aliphatic heterocycles. The van der Waals surface area contributed by atoms with Crippen LogP contribution in [0, 0.1) is 6.92 Å². The minimum atomic E-state index is -2.46. The van der Waals surface area contributed by atoms with Crippen LogP contribution in [0.3, 0.4) is 0 Å². The fourth-order valence-electron chi connectivity index (χ4n) is 2.46. The van der Waals surface area contributed by atoms with Gasteiger partial charge in [0.25, 0.3) is 0 Å². The Balaban J connectivity index is 1.97. The summed E-state index contributed by atoms with van der Waals surface area (Å²) in [5, 5.41) is 10.7. The average molecular weight is 372 g/mol. The van der Waals surface area contributed by atoms with Gasteiger partial charge in [-0.05, 0) is 42.3 Å². The monoisotopic (exact) mass is 372 g/mol. The third-order valence-corrected chi connectivity index (χ3v) is 5.39. The fraction of sp³-hybridized carbons (Fsp3) is 0.0556. The van der Waals surface area contributed by atoms with E-state index in [0.29, 0.717) is 11.4 Å². The van der Waals surface area contributed by atoms with Crippen molar-refractivity contribution in [3.63, 3.8) is 0 Å². The van der Waals surface area contributed by atoms with Crippen LogP contribution in [0.2, 0.25) is 0 Å². The number of hydrogen-bond acceptors (Lipinski definition) is 4. The largest absolute Gasteiger partial charge is 0.755 e. The lowest BCUT2D eigenvalue weighted by molar-refractivity contribution is 0.0697. The molecular weight excluding hydrogens is 358 g/mol. The molecule has 1 heterocycles. The maximum Gasteiger partial charge on any atom is 0.335 e. The van der Waals surface area contributed by atoms with E-state index in [2.05, 4.69) is 0 Å². The number of hydrogen-bond donors (Lipinski definition) is 1. The molecule has 5 nitrogen and oxygen atoms in total. The van der Waals surface area contributed by atoms with Gasteiger partial charge in [-0.1, -0.05) is 30.3 Å². The number of benzene rings is 2. The summed E-state index contributed by atoms with van der Waals surface area (Å²) in [5.41, 5.74) is 3.04. The number of thiophene rings is 1. The third kappa shape index (κ3) is 3.63. The van der Waals surface area contributed by atoms with Crippen molar-refractivity contribution in [3.8, 4) is 10.4 Å². The zero-order valence-electron chi connectivity index (χ0n) is 13.2. The number of aromatic carboxylic acids is 1. The van der Waals surface area contributed by atoms with Crippen LogP contribution in [-0.4, -0.2) is 19.8 Å². The van der Waals surface area contributed by atoms with Crippen LogP contribution in [0.5, 0.6) is 0 Å². The highest BCUT2D eigenvalue weighted by Gasteiger charge is 2.15. The van der Waals surface area contributed by atoms with E-state index in [1.807, 2.05) is 19.1 Å². The summed E-state index contributed by atoms with van der Waals surface area (Å²) in [7, 11) is 0. The first-order valence-corrected chi connectivity index (χ1v) is 9.26. The Morgan fingerprint density at radius 3 is 2.44 bits per heavy atom. The standard InChI is InChI=1S/C18H15NO4S2/c1-12-4-2-3-5-16(12)19(25(22)23)15-10-17(24-11-15)13-6-8-14(9-7-13)18(20)21/h2-11H,1H3,(H,20,21)(H,22,23)/p-1. The molecule has 1 N–H and O–H groups in total. The molecule has 3 rings (SSSR count). The Labute approximate surface area is 151 Å². The van der Waals surface area contributed by atoms with Crippen molar-refractivity contribution in [2.24, 2.45) is 0 Å². The Kier molecular flexibility index (Phi) is 4.98. The molecule has 0 radical (unpaired) electrons. The molecule has 7 heteroatoms. The number of rotatable bonds is 5. The summed E-state index contributed by atoms with van der Waals surface area (Å²) >= 11 is -1.06. The van der Waals surface area contributed by atoms with Gasteiger partial charge < -0.3 is 9.66 Å². The summed E-state index contributed by atoms with van der Waals surface area (Å²) < 4.78 is 24.8. The molecule has 0 spiro atoms. The molecule has 0 saturated heterocycles. The van der Waals surface area contributed by atoms with Gasteiger partial charge in [-0.15, -0.1) is 11.3 Å². The van der Waals surface area contributed by atoms with Crippen molar-refractivity contribution >= 4 is 39.9 Å². The first kappa shape index (κ1) is 17.3. The third-order valence-electron chi connectivity index (χ3n) is 3.72. The normalized spacial score (nSPS) is 11.9. The molecule has 0 bridgehead atoms. The second-order valence-electron chi connectivity index (χ2n) is 5.35. The van der Waals surface area contributed by atoms with Gasteiger partial charge in [-0.2, -0.15) is 0 Å². The van der Waals surface area contributed by atoms with Gasteiger partial charge in [0.05, 0.1) is 28.2 Å². The van der Waals surface area contributed by atoms with E-state index in [1.54, 1.807) is 35.7 Å². The highest BCUT2D eigenvalue weighted by Crippen LogP contribution is 2.36. The van der Waals surface area contributed by atoms with Gasteiger partial charge in [-0.25, -0.2) is 4.79 Å². The number of anilines is 2. The molecule has 3 aromatic rings. The molecule has 25 heavy (non-hydrogen) atoms. The smallest absolute Gasteiger partial charge is 0.335 e. The first-order valence-electron chi connectivity index (χ1n) is 7.35. The number of para-hydroxylation sites is 1. The van der Waals surface area contributed by atoms with Crippen molar-refractivity contribution < 1.29 is 18.7 Å². The Morgan fingerprint density at radius 2 is 1.84 bits per heavy atom.